The third-order valence-electron chi connectivity index (χ3n) is 7.26. The number of aromatic nitrogens is 1. The van der Waals surface area contributed by atoms with Gasteiger partial charge in [0.2, 0.25) is 5.91 Å². The molecule has 11 heteroatoms. The summed E-state index contributed by atoms with van der Waals surface area (Å²) < 4.78 is 44.9. The molecule has 2 aromatic carbocycles. The number of hydrogen-bond donors (Lipinski definition) is 2. The van der Waals surface area contributed by atoms with Gasteiger partial charge in [0.1, 0.15) is 0 Å². The van der Waals surface area contributed by atoms with E-state index in [0.717, 1.165) is 29.0 Å². The molecular weight excluding hydrogens is 541 g/mol. The van der Waals surface area contributed by atoms with Gasteiger partial charge in [-0.15, -0.1) is 11.3 Å². The Kier molecular flexibility index (Phi) is 8.07. The summed E-state index contributed by atoms with van der Waals surface area (Å²) in [5.41, 5.74) is 9.24. The smallest absolute Gasteiger partial charge is 0.380 e. The molecule has 40 heavy (non-hydrogen) atoms. The third kappa shape index (κ3) is 5.96. The fraction of sp³-hybridized carbons (Fsp3) is 0.345. The van der Waals surface area contributed by atoms with Gasteiger partial charge < -0.3 is 20.7 Å². The summed E-state index contributed by atoms with van der Waals surface area (Å²) in [4.78, 5) is 31.7. The summed E-state index contributed by atoms with van der Waals surface area (Å²) in [6, 6.07) is 10.2. The lowest BCUT2D eigenvalue weighted by Gasteiger charge is -2.33. The van der Waals surface area contributed by atoms with Gasteiger partial charge in [-0.25, -0.2) is 4.98 Å². The average Bonchev–Trinajstić information content (AvgIpc) is 3.42. The van der Waals surface area contributed by atoms with Gasteiger partial charge in [-0.2, -0.15) is 13.2 Å². The Balaban J connectivity index is 1.22. The molecule has 3 N–H and O–H groups in total. The second-order valence-corrected chi connectivity index (χ2v) is 10.8. The number of rotatable bonds is 7. The number of amides is 2. The largest absolute Gasteiger partial charge is 0.416 e. The highest BCUT2D eigenvalue weighted by Crippen LogP contribution is 2.34. The maximum atomic E-state index is 13.2. The van der Waals surface area contributed by atoms with Crippen LogP contribution in [0.3, 0.4) is 0 Å². The number of thiazole rings is 1. The molecule has 210 valence electrons. The fourth-order valence-electron chi connectivity index (χ4n) is 4.76. The molecule has 5 rings (SSSR count). The van der Waals surface area contributed by atoms with Crippen molar-refractivity contribution in [3.8, 4) is 11.1 Å². The Bertz CT molecular complexity index is 1430. The highest BCUT2D eigenvalue weighted by atomic mass is 32.1. The number of hydrogen-bond acceptors (Lipinski definition) is 6. The van der Waals surface area contributed by atoms with E-state index in [0.29, 0.717) is 54.4 Å². The number of benzene rings is 2. The number of nitrogens with one attached hydrogen (secondary N) is 1. The SMILES string of the molecule is C[C@@H](NC(=O)c1nc(C2=CCN(C(=O)C3COC3)CC2)cs1)c1ccc(-c2cc(C(F)(F)F)ccc2CN)cc1. The maximum absolute atomic E-state index is 13.2. The predicted molar refractivity (Wildman–Crippen MR) is 146 cm³/mol. The van der Waals surface area contributed by atoms with Gasteiger partial charge in [-0.05, 0) is 53.3 Å². The molecule has 1 saturated heterocycles. The van der Waals surface area contributed by atoms with Crippen LogP contribution in [0, 0.1) is 5.92 Å². The minimum Gasteiger partial charge on any atom is -0.380 e. The van der Waals surface area contributed by atoms with E-state index in [2.05, 4.69) is 10.3 Å². The van der Waals surface area contributed by atoms with Crippen LogP contribution in [-0.4, -0.2) is 48.0 Å². The Morgan fingerprint density at radius 2 is 1.95 bits per heavy atom. The monoisotopic (exact) mass is 570 g/mol. The standard InChI is InChI=1S/C29H29F3N4O3S/c1-17(18-2-4-19(5-3-18)24-12-23(29(30,31)32)7-6-21(24)13-33)34-26(37)27-35-25(16-40-27)20-8-10-36(11-9-20)28(38)22-14-39-15-22/h2-8,12,16-17,22H,9-11,13-15,33H2,1H3,(H,34,37)/t17-/m1/s1. The van der Waals surface area contributed by atoms with Crippen LogP contribution in [0.1, 0.15) is 51.6 Å². The Hall–Kier alpha value is -3.54. The van der Waals surface area contributed by atoms with Crippen LogP contribution >= 0.6 is 11.3 Å². The van der Waals surface area contributed by atoms with Gasteiger partial charge in [-0.1, -0.05) is 36.4 Å². The van der Waals surface area contributed by atoms with E-state index < -0.39 is 11.7 Å². The molecule has 2 aliphatic rings. The Labute approximate surface area is 233 Å². The van der Waals surface area contributed by atoms with Crippen LogP contribution in [0.15, 0.2) is 53.9 Å². The van der Waals surface area contributed by atoms with E-state index in [1.165, 1.54) is 17.4 Å². The molecule has 0 radical (unpaired) electrons. The molecule has 0 spiro atoms. The van der Waals surface area contributed by atoms with Crippen molar-refractivity contribution in [1.82, 2.24) is 15.2 Å². The molecule has 3 aromatic rings. The minimum absolute atomic E-state index is 0.0355. The first-order valence-electron chi connectivity index (χ1n) is 13.0. The van der Waals surface area contributed by atoms with Crippen molar-refractivity contribution in [3.63, 3.8) is 0 Å². The molecule has 1 atom stereocenters. The van der Waals surface area contributed by atoms with Gasteiger partial charge in [0.15, 0.2) is 5.01 Å². The van der Waals surface area contributed by atoms with Crippen molar-refractivity contribution < 1.29 is 27.5 Å². The van der Waals surface area contributed by atoms with Crippen molar-refractivity contribution in [1.29, 1.82) is 0 Å². The van der Waals surface area contributed by atoms with Crippen molar-refractivity contribution in [2.45, 2.75) is 32.1 Å². The molecule has 0 bridgehead atoms. The van der Waals surface area contributed by atoms with Crippen LogP contribution in [-0.2, 0) is 22.3 Å². The van der Waals surface area contributed by atoms with E-state index in [1.54, 1.807) is 24.3 Å². The number of carbonyl (C=O) groups excluding carboxylic acids is 2. The fourth-order valence-corrected chi connectivity index (χ4v) is 5.50. The van der Waals surface area contributed by atoms with Gasteiger partial charge in [0, 0.05) is 25.0 Å². The number of carbonyl (C=O) groups is 2. The molecule has 0 aliphatic carbocycles. The average molecular weight is 571 g/mol. The van der Waals surface area contributed by atoms with E-state index in [1.807, 2.05) is 23.3 Å². The van der Waals surface area contributed by atoms with E-state index >= 15 is 0 Å². The van der Waals surface area contributed by atoms with Crippen LogP contribution < -0.4 is 11.1 Å². The first-order valence-corrected chi connectivity index (χ1v) is 13.8. The Morgan fingerprint density at radius 1 is 1.20 bits per heavy atom. The summed E-state index contributed by atoms with van der Waals surface area (Å²) in [7, 11) is 0. The van der Waals surface area contributed by atoms with Gasteiger partial charge >= 0.3 is 6.18 Å². The van der Waals surface area contributed by atoms with E-state index in [4.69, 9.17) is 10.5 Å². The van der Waals surface area contributed by atoms with Crippen molar-refractivity contribution in [2.75, 3.05) is 26.3 Å². The highest BCUT2D eigenvalue weighted by Gasteiger charge is 2.32. The second kappa shape index (κ2) is 11.5. The van der Waals surface area contributed by atoms with Crippen LogP contribution in [0.2, 0.25) is 0 Å². The quantitative estimate of drug-likeness (QED) is 0.415. The zero-order valence-corrected chi connectivity index (χ0v) is 22.6. The summed E-state index contributed by atoms with van der Waals surface area (Å²) in [6.07, 6.45) is -1.79. The predicted octanol–water partition coefficient (Wildman–Crippen LogP) is 5.04. The molecule has 0 unspecified atom stereocenters. The van der Waals surface area contributed by atoms with Crippen molar-refractivity contribution in [2.24, 2.45) is 11.7 Å². The van der Waals surface area contributed by atoms with Crippen molar-refractivity contribution >= 4 is 28.7 Å². The molecule has 1 aromatic heterocycles. The summed E-state index contributed by atoms with van der Waals surface area (Å²) in [6.45, 7) is 4.05. The number of nitrogens with two attached hydrogens (primary N) is 1. The van der Waals surface area contributed by atoms with Crippen molar-refractivity contribution in [3.05, 3.63) is 81.3 Å². The Morgan fingerprint density at radius 3 is 2.55 bits per heavy atom. The highest BCUT2D eigenvalue weighted by molar-refractivity contribution is 7.11. The normalized spacial score (nSPS) is 16.7. The summed E-state index contributed by atoms with van der Waals surface area (Å²) >= 11 is 1.26. The third-order valence-corrected chi connectivity index (χ3v) is 8.10. The van der Waals surface area contributed by atoms with Crippen LogP contribution in [0.25, 0.3) is 16.7 Å². The summed E-state index contributed by atoms with van der Waals surface area (Å²) in [5, 5.41) is 5.13. The second-order valence-electron chi connectivity index (χ2n) is 9.93. The number of halogens is 3. The van der Waals surface area contributed by atoms with E-state index in [-0.39, 0.29) is 30.3 Å². The lowest BCUT2D eigenvalue weighted by Crippen LogP contribution is -2.46. The molecule has 7 nitrogen and oxygen atoms in total. The van der Waals surface area contributed by atoms with Gasteiger partial charge in [-0.3, -0.25) is 9.59 Å². The molecule has 2 amide bonds. The van der Waals surface area contributed by atoms with Crippen LogP contribution in [0.5, 0.6) is 0 Å². The lowest BCUT2D eigenvalue weighted by atomic mass is 9.95. The van der Waals surface area contributed by atoms with Gasteiger partial charge in [0.05, 0.1) is 36.4 Å². The van der Waals surface area contributed by atoms with Gasteiger partial charge in [0.25, 0.3) is 5.91 Å². The number of ether oxygens (including phenoxy) is 1. The summed E-state index contributed by atoms with van der Waals surface area (Å²) in [5.74, 6) is -0.224. The number of alkyl halides is 3. The minimum atomic E-state index is -4.45. The zero-order valence-electron chi connectivity index (χ0n) is 21.8. The van der Waals surface area contributed by atoms with Crippen LogP contribution in [0.4, 0.5) is 13.2 Å². The first kappa shape index (κ1) is 28.0. The molecule has 1 fully saturated rings. The number of nitrogens with zero attached hydrogens (tertiary/aromatic N) is 2. The maximum Gasteiger partial charge on any atom is 0.416 e. The molecular formula is C29H29F3N4O3S. The van der Waals surface area contributed by atoms with E-state index in [9.17, 15) is 22.8 Å². The lowest BCUT2D eigenvalue weighted by molar-refractivity contribution is -0.149. The first-order chi connectivity index (χ1) is 19.1. The topological polar surface area (TPSA) is 97.5 Å². The molecule has 3 heterocycles. The zero-order chi connectivity index (χ0) is 28.4. The molecule has 0 saturated carbocycles. The molecule has 2 aliphatic heterocycles.